The predicted octanol–water partition coefficient (Wildman–Crippen LogP) is 7.03. The summed E-state index contributed by atoms with van der Waals surface area (Å²) in [4.78, 5) is 28.4. The van der Waals surface area contributed by atoms with Crippen molar-refractivity contribution in [2.75, 3.05) is 11.5 Å². The number of esters is 1. The smallest absolute Gasteiger partial charge is 0.343 e. The van der Waals surface area contributed by atoms with Crippen LogP contribution in [-0.4, -0.2) is 34.3 Å². The Morgan fingerprint density at radius 3 is 2.45 bits per heavy atom. The summed E-state index contributed by atoms with van der Waals surface area (Å²) in [6, 6.07) is 15.9. The first kappa shape index (κ1) is 25.8. The third-order valence-electron chi connectivity index (χ3n) is 7.45. The van der Waals surface area contributed by atoms with Gasteiger partial charge in [-0.2, -0.15) is 0 Å². The lowest BCUT2D eigenvalue weighted by Crippen LogP contribution is -2.43. The number of ether oxygens (including phenoxy) is 1. The van der Waals surface area contributed by atoms with Gasteiger partial charge < -0.3 is 9.15 Å². The van der Waals surface area contributed by atoms with E-state index in [4.69, 9.17) is 14.3 Å². The number of hydrogen-bond donors (Lipinski definition) is 0. The Hall–Kier alpha value is -3.87. The van der Waals surface area contributed by atoms with E-state index in [1.807, 2.05) is 56.3 Å². The zero-order valence-corrected chi connectivity index (χ0v) is 22.5. The highest BCUT2D eigenvalue weighted by atomic mass is 16.5. The van der Waals surface area contributed by atoms with Gasteiger partial charge >= 0.3 is 5.97 Å². The summed E-state index contributed by atoms with van der Waals surface area (Å²) in [5, 5.41) is 5.83. The minimum atomic E-state index is -0.477. The van der Waals surface area contributed by atoms with Crippen molar-refractivity contribution in [2.24, 2.45) is 11.8 Å². The van der Waals surface area contributed by atoms with E-state index in [-0.39, 0.29) is 24.5 Å². The molecule has 0 unspecified atom stereocenters. The van der Waals surface area contributed by atoms with Crippen molar-refractivity contribution in [3.63, 3.8) is 0 Å². The van der Waals surface area contributed by atoms with Gasteiger partial charge in [-0.05, 0) is 93.8 Å². The summed E-state index contributed by atoms with van der Waals surface area (Å²) in [7, 11) is 0. The number of aromatic nitrogens is 2. The number of furan rings is 1. The molecule has 0 saturated heterocycles. The van der Waals surface area contributed by atoms with Crippen LogP contribution in [0.1, 0.15) is 63.7 Å². The molecule has 0 spiro atoms. The van der Waals surface area contributed by atoms with Crippen LogP contribution >= 0.6 is 0 Å². The van der Waals surface area contributed by atoms with Gasteiger partial charge in [0.05, 0.1) is 18.6 Å². The van der Waals surface area contributed by atoms with Gasteiger partial charge in [0.15, 0.2) is 5.82 Å². The van der Waals surface area contributed by atoms with E-state index in [0.29, 0.717) is 17.3 Å². The Balaban J connectivity index is 1.48. The summed E-state index contributed by atoms with van der Waals surface area (Å²) in [6.07, 6.45) is 7.18. The van der Waals surface area contributed by atoms with E-state index in [1.165, 1.54) is 0 Å². The SMILES string of the molecule is CCOC(=O)c1cn(-c2ccc(-c3ccc4occc4c3)cc2)nc1N(C(=O)C1CCC(C)CC1)C(C)C. The Kier molecular flexibility index (Phi) is 7.36. The number of nitrogens with zero attached hydrogens (tertiary/aromatic N) is 3. The molecule has 198 valence electrons. The highest BCUT2D eigenvalue weighted by molar-refractivity contribution is 6.02. The number of carbonyl (C=O) groups excluding carboxylic acids is 2. The molecule has 1 saturated carbocycles. The molecule has 0 aliphatic heterocycles. The molecule has 4 aromatic rings. The lowest BCUT2D eigenvalue weighted by atomic mass is 9.82. The van der Waals surface area contributed by atoms with E-state index < -0.39 is 5.97 Å². The van der Waals surface area contributed by atoms with E-state index in [0.717, 1.165) is 53.5 Å². The summed E-state index contributed by atoms with van der Waals surface area (Å²) >= 11 is 0. The van der Waals surface area contributed by atoms with Gasteiger partial charge in [0, 0.05) is 23.5 Å². The summed E-state index contributed by atoms with van der Waals surface area (Å²) in [6.45, 7) is 8.18. The molecule has 0 bridgehead atoms. The third kappa shape index (κ3) is 5.10. The van der Waals surface area contributed by atoms with Crippen LogP contribution in [0.25, 0.3) is 27.8 Å². The number of fused-ring (bicyclic) bond motifs is 1. The summed E-state index contributed by atoms with van der Waals surface area (Å²) < 4.78 is 12.5. The topological polar surface area (TPSA) is 77.6 Å². The monoisotopic (exact) mass is 513 g/mol. The molecule has 0 atom stereocenters. The number of amides is 1. The molecule has 1 amide bonds. The second kappa shape index (κ2) is 10.9. The standard InChI is InChI=1S/C31H35N3O4/c1-5-37-31(36)27-19-33(32-29(27)34(20(2)3)30(35)23-8-6-21(4)7-9-23)26-13-10-22(11-14-26)24-12-15-28-25(18-24)16-17-38-28/h10-21,23H,5-9H2,1-4H3. The Morgan fingerprint density at radius 2 is 1.76 bits per heavy atom. The van der Waals surface area contributed by atoms with Crippen molar-refractivity contribution in [3.8, 4) is 16.8 Å². The van der Waals surface area contributed by atoms with Crippen molar-refractivity contribution in [2.45, 2.75) is 59.4 Å². The van der Waals surface area contributed by atoms with Crippen LogP contribution in [0.15, 0.2) is 65.4 Å². The maximum absolute atomic E-state index is 13.7. The largest absolute Gasteiger partial charge is 0.464 e. The maximum Gasteiger partial charge on any atom is 0.343 e. The van der Waals surface area contributed by atoms with Gasteiger partial charge in [-0.15, -0.1) is 5.10 Å². The van der Waals surface area contributed by atoms with E-state index >= 15 is 0 Å². The number of hydrogen-bond acceptors (Lipinski definition) is 5. The molecule has 7 nitrogen and oxygen atoms in total. The first-order chi connectivity index (χ1) is 18.4. The number of anilines is 1. The molecule has 1 fully saturated rings. The fourth-order valence-corrected chi connectivity index (χ4v) is 5.29. The fraction of sp³-hybridized carbons (Fsp3) is 0.387. The van der Waals surface area contributed by atoms with Crippen LogP contribution in [0, 0.1) is 11.8 Å². The molecular weight excluding hydrogens is 478 g/mol. The van der Waals surface area contributed by atoms with Crippen molar-refractivity contribution in [3.05, 3.63) is 66.6 Å². The number of rotatable bonds is 7. The lowest BCUT2D eigenvalue weighted by molar-refractivity contribution is -0.124. The predicted molar refractivity (Wildman–Crippen MR) is 148 cm³/mol. The van der Waals surface area contributed by atoms with Crippen molar-refractivity contribution in [1.29, 1.82) is 0 Å². The highest BCUT2D eigenvalue weighted by Gasteiger charge is 2.34. The number of carbonyl (C=O) groups is 2. The molecule has 38 heavy (non-hydrogen) atoms. The molecule has 2 aromatic carbocycles. The molecule has 0 N–H and O–H groups in total. The molecule has 5 rings (SSSR count). The molecule has 1 aliphatic carbocycles. The van der Waals surface area contributed by atoms with Crippen molar-refractivity contribution in [1.82, 2.24) is 9.78 Å². The Bertz CT molecular complexity index is 1430. The normalized spacial score (nSPS) is 17.6. The molecule has 0 radical (unpaired) electrons. The van der Waals surface area contributed by atoms with Crippen LogP contribution in [-0.2, 0) is 9.53 Å². The zero-order chi connectivity index (χ0) is 26.8. The first-order valence-electron chi connectivity index (χ1n) is 13.5. The van der Waals surface area contributed by atoms with Crippen LogP contribution in [0.3, 0.4) is 0 Å². The van der Waals surface area contributed by atoms with Crippen LogP contribution in [0.5, 0.6) is 0 Å². The third-order valence-corrected chi connectivity index (χ3v) is 7.45. The summed E-state index contributed by atoms with van der Waals surface area (Å²) in [5.41, 5.74) is 4.08. The van der Waals surface area contributed by atoms with Crippen molar-refractivity contribution < 1.29 is 18.7 Å². The van der Waals surface area contributed by atoms with Crippen LogP contribution in [0.4, 0.5) is 5.82 Å². The molecule has 2 aromatic heterocycles. The average molecular weight is 514 g/mol. The molecule has 1 aliphatic rings. The van der Waals surface area contributed by atoms with Gasteiger partial charge in [-0.25, -0.2) is 9.48 Å². The lowest BCUT2D eigenvalue weighted by Gasteiger charge is -2.32. The van der Waals surface area contributed by atoms with Crippen LogP contribution in [0.2, 0.25) is 0 Å². The zero-order valence-electron chi connectivity index (χ0n) is 22.5. The van der Waals surface area contributed by atoms with Crippen molar-refractivity contribution >= 4 is 28.7 Å². The minimum Gasteiger partial charge on any atom is -0.464 e. The second-order valence-corrected chi connectivity index (χ2v) is 10.5. The van der Waals surface area contributed by atoms with Gasteiger partial charge in [0.2, 0.25) is 5.91 Å². The Morgan fingerprint density at radius 1 is 1.05 bits per heavy atom. The van der Waals surface area contributed by atoms with E-state index in [9.17, 15) is 9.59 Å². The van der Waals surface area contributed by atoms with Gasteiger partial charge in [0.1, 0.15) is 11.1 Å². The van der Waals surface area contributed by atoms with Gasteiger partial charge in [-0.3, -0.25) is 9.69 Å². The van der Waals surface area contributed by atoms with E-state index in [1.54, 1.807) is 29.0 Å². The van der Waals surface area contributed by atoms with Crippen LogP contribution < -0.4 is 4.90 Å². The quantitative estimate of drug-likeness (QED) is 0.248. The maximum atomic E-state index is 13.7. The van der Waals surface area contributed by atoms with E-state index in [2.05, 4.69) is 13.0 Å². The second-order valence-electron chi connectivity index (χ2n) is 10.5. The number of benzene rings is 2. The molecular formula is C31H35N3O4. The highest BCUT2D eigenvalue weighted by Crippen LogP contribution is 2.33. The van der Waals surface area contributed by atoms with Gasteiger partial charge in [-0.1, -0.05) is 25.1 Å². The Labute approximate surface area is 223 Å². The molecule has 2 heterocycles. The molecule has 7 heteroatoms. The summed E-state index contributed by atoms with van der Waals surface area (Å²) in [5.74, 6) is 0.504. The minimum absolute atomic E-state index is 0.0349. The first-order valence-corrected chi connectivity index (χ1v) is 13.5. The average Bonchev–Trinajstić information content (AvgIpc) is 3.56. The van der Waals surface area contributed by atoms with Gasteiger partial charge in [0.25, 0.3) is 0 Å². The fourth-order valence-electron chi connectivity index (χ4n) is 5.29.